The molecule has 0 amide bonds. The van der Waals surface area contributed by atoms with Crippen LogP contribution in [0.1, 0.15) is 16.7 Å². The molecule has 0 fully saturated rings. The van der Waals surface area contributed by atoms with Gasteiger partial charge < -0.3 is 0 Å². The van der Waals surface area contributed by atoms with Gasteiger partial charge in [0.25, 0.3) is 0 Å². The summed E-state index contributed by atoms with van der Waals surface area (Å²) in [5.41, 5.74) is 9.05. The van der Waals surface area contributed by atoms with Gasteiger partial charge in [-0.05, 0) is 62.7 Å². The number of thiophene rings is 1. The van der Waals surface area contributed by atoms with Crippen molar-refractivity contribution in [2.75, 3.05) is 0 Å². The third-order valence-electron chi connectivity index (χ3n) is 7.82. The van der Waals surface area contributed by atoms with E-state index in [1.165, 1.54) is 47.6 Å². The van der Waals surface area contributed by atoms with Crippen LogP contribution in [0.4, 0.5) is 0 Å². The molecule has 8 aromatic rings. The van der Waals surface area contributed by atoms with Crippen LogP contribution >= 0.6 is 11.3 Å². The molecule has 186 valence electrons. The zero-order valence-electron chi connectivity index (χ0n) is 22.0. The molecule has 39 heavy (non-hydrogen) atoms. The molecule has 3 heterocycles. The normalized spacial score (nSPS) is 12.0. The summed E-state index contributed by atoms with van der Waals surface area (Å²) in [7, 11) is 0. The van der Waals surface area contributed by atoms with E-state index in [0.717, 1.165) is 33.2 Å². The molecule has 0 atom stereocenters. The van der Waals surface area contributed by atoms with Crippen LogP contribution in [-0.4, -0.2) is 14.5 Å². The number of aryl methyl sites for hydroxylation is 3. The van der Waals surface area contributed by atoms with E-state index in [1.807, 2.05) is 11.3 Å². The maximum Gasteiger partial charge on any atom is 0.235 e. The van der Waals surface area contributed by atoms with Crippen molar-refractivity contribution in [3.05, 3.63) is 114 Å². The average molecular weight is 520 g/mol. The number of benzene rings is 5. The van der Waals surface area contributed by atoms with Crippen LogP contribution in [-0.2, 0) is 0 Å². The van der Waals surface area contributed by atoms with Crippen molar-refractivity contribution in [2.24, 2.45) is 0 Å². The van der Waals surface area contributed by atoms with Gasteiger partial charge >= 0.3 is 0 Å². The van der Waals surface area contributed by atoms with Gasteiger partial charge in [-0.25, -0.2) is 9.97 Å². The zero-order valence-corrected chi connectivity index (χ0v) is 22.8. The standard InChI is InChI=1S/C35H25N3S/c1-20-8-6-10-23(16-20)33-25-11-4-5-13-29(25)36-35(37-33)38-30-15-14-21(2)17-26(30)27-18-28-24-12-7-9-22(3)34(24)39-32(28)19-31(27)38/h4-19H,1-3H3. The molecule has 0 unspecified atom stereocenters. The second-order valence-corrected chi connectivity index (χ2v) is 11.6. The van der Waals surface area contributed by atoms with Gasteiger partial charge in [-0.2, -0.15) is 0 Å². The highest BCUT2D eigenvalue weighted by molar-refractivity contribution is 7.26. The first kappa shape index (κ1) is 22.4. The molecule has 0 aliphatic heterocycles. The van der Waals surface area contributed by atoms with Crippen LogP contribution in [0.15, 0.2) is 97.1 Å². The second kappa shape index (κ2) is 8.23. The smallest absolute Gasteiger partial charge is 0.235 e. The van der Waals surface area contributed by atoms with E-state index < -0.39 is 0 Å². The van der Waals surface area contributed by atoms with Crippen molar-refractivity contribution in [3.8, 4) is 17.2 Å². The number of hydrogen-bond acceptors (Lipinski definition) is 3. The van der Waals surface area contributed by atoms with Crippen LogP contribution in [0.5, 0.6) is 0 Å². The van der Waals surface area contributed by atoms with E-state index in [-0.39, 0.29) is 0 Å². The lowest BCUT2D eigenvalue weighted by atomic mass is 10.0. The molecular weight excluding hydrogens is 494 g/mol. The van der Waals surface area contributed by atoms with Gasteiger partial charge in [-0.3, -0.25) is 4.57 Å². The third-order valence-corrected chi connectivity index (χ3v) is 9.12. The number of hydrogen-bond donors (Lipinski definition) is 0. The lowest BCUT2D eigenvalue weighted by molar-refractivity contribution is 1.01. The Balaban J connectivity index is 1.52. The minimum absolute atomic E-state index is 0.700. The van der Waals surface area contributed by atoms with Crippen molar-refractivity contribution in [2.45, 2.75) is 20.8 Å². The molecular formula is C35H25N3S. The van der Waals surface area contributed by atoms with Gasteiger partial charge in [0.05, 0.1) is 22.2 Å². The highest BCUT2D eigenvalue weighted by Crippen LogP contribution is 2.41. The van der Waals surface area contributed by atoms with Crippen molar-refractivity contribution in [1.82, 2.24) is 14.5 Å². The van der Waals surface area contributed by atoms with Crippen molar-refractivity contribution in [3.63, 3.8) is 0 Å². The maximum absolute atomic E-state index is 5.27. The Morgan fingerprint density at radius 1 is 0.590 bits per heavy atom. The van der Waals surface area contributed by atoms with Crippen LogP contribution < -0.4 is 0 Å². The Bertz CT molecular complexity index is 2270. The van der Waals surface area contributed by atoms with E-state index in [4.69, 9.17) is 9.97 Å². The first-order chi connectivity index (χ1) is 19.0. The third kappa shape index (κ3) is 3.35. The van der Waals surface area contributed by atoms with E-state index in [9.17, 15) is 0 Å². The predicted octanol–water partition coefficient (Wildman–Crippen LogP) is 9.69. The molecule has 0 saturated heterocycles. The summed E-state index contributed by atoms with van der Waals surface area (Å²) in [4.78, 5) is 10.4. The van der Waals surface area contributed by atoms with Gasteiger partial charge in [-0.15, -0.1) is 11.3 Å². The second-order valence-electron chi connectivity index (χ2n) is 10.5. The number of rotatable bonds is 2. The van der Waals surface area contributed by atoms with Gasteiger partial charge in [0.15, 0.2) is 0 Å². The summed E-state index contributed by atoms with van der Waals surface area (Å²) >= 11 is 1.87. The Morgan fingerprint density at radius 2 is 1.38 bits per heavy atom. The summed E-state index contributed by atoms with van der Waals surface area (Å²) < 4.78 is 4.90. The topological polar surface area (TPSA) is 30.7 Å². The van der Waals surface area contributed by atoms with Crippen LogP contribution in [0.25, 0.3) is 70.1 Å². The molecule has 0 radical (unpaired) electrons. The first-order valence-corrected chi connectivity index (χ1v) is 14.1. The molecule has 0 saturated carbocycles. The molecule has 0 spiro atoms. The van der Waals surface area contributed by atoms with Crippen LogP contribution in [0.3, 0.4) is 0 Å². The Morgan fingerprint density at radius 3 is 2.28 bits per heavy atom. The van der Waals surface area contributed by atoms with Gasteiger partial charge in [-0.1, -0.05) is 71.8 Å². The van der Waals surface area contributed by atoms with Crippen LogP contribution in [0.2, 0.25) is 0 Å². The predicted molar refractivity (Wildman–Crippen MR) is 166 cm³/mol. The van der Waals surface area contributed by atoms with Crippen LogP contribution in [0, 0.1) is 20.8 Å². The Kier molecular flexibility index (Phi) is 4.73. The van der Waals surface area contributed by atoms with E-state index >= 15 is 0 Å². The highest BCUT2D eigenvalue weighted by atomic mass is 32.1. The molecule has 0 N–H and O–H groups in total. The summed E-state index contributed by atoms with van der Waals surface area (Å²) in [5.74, 6) is 0.700. The molecule has 4 heteroatoms. The fourth-order valence-electron chi connectivity index (χ4n) is 5.96. The minimum atomic E-state index is 0.700. The van der Waals surface area contributed by atoms with Crippen molar-refractivity contribution < 1.29 is 0 Å². The summed E-state index contributed by atoms with van der Waals surface area (Å²) in [6.07, 6.45) is 0. The summed E-state index contributed by atoms with van der Waals surface area (Å²) in [6.45, 7) is 6.49. The molecule has 3 aromatic heterocycles. The molecule has 0 bridgehead atoms. The molecule has 0 aliphatic rings. The fourth-order valence-corrected chi connectivity index (χ4v) is 7.14. The van der Waals surface area contributed by atoms with Gasteiger partial charge in [0.1, 0.15) is 0 Å². The van der Waals surface area contributed by atoms with E-state index in [1.54, 1.807) is 0 Å². The zero-order chi connectivity index (χ0) is 26.2. The highest BCUT2D eigenvalue weighted by Gasteiger charge is 2.19. The monoisotopic (exact) mass is 519 g/mol. The van der Waals surface area contributed by atoms with E-state index in [0.29, 0.717) is 5.95 Å². The first-order valence-electron chi connectivity index (χ1n) is 13.3. The largest absolute Gasteiger partial charge is 0.278 e. The fraction of sp³-hybridized carbons (Fsp3) is 0.0857. The average Bonchev–Trinajstić information content (AvgIpc) is 3.47. The minimum Gasteiger partial charge on any atom is -0.278 e. The number of fused-ring (bicyclic) bond motifs is 7. The van der Waals surface area contributed by atoms with Crippen molar-refractivity contribution in [1.29, 1.82) is 0 Å². The molecule has 3 nitrogen and oxygen atoms in total. The lowest BCUT2D eigenvalue weighted by Gasteiger charge is -2.12. The Hall–Kier alpha value is -4.54. The number of nitrogens with zero attached hydrogens (tertiary/aromatic N) is 3. The van der Waals surface area contributed by atoms with Gasteiger partial charge in [0.2, 0.25) is 5.95 Å². The SMILES string of the molecule is Cc1cccc(-c2nc(-n3c4ccc(C)cc4c4cc5c(cc43)sc3c(C)cccc35)nc3ccccc23)c1. The Labute approximate surface area is 230 Å². The maximum atomic E-state index is 5.27. The summed E-state index contributed by atoms with van der Waals surface area (Å²) in [5, 5.41) is 6.16. The quantitative estimate of drug-likeness (QED) is 0.228. The molecule has 5 aromatic carbocycles. The summed E-state index contributed by atoms with van der Waals surface area (Å²) in [6, 6.07) is 34.9. The van der Waals surface area contributed by atoms with E-state index in [2.05, 4.69) is 122 Å². The van der Waals surface area contributed by atoms with Crippen molar-refractivity contribution >= 4 is 64.2 Å². The number of aromatic nitrogens is 3. The number of para-hydroxylation sites is 1. The lowest BCUT2D eigenvalue weighted by Crippen LogP contribution is -2.03. The van der Waals surface area contributed by atoms with Gasteiger partial charge in [0, 0.05) is 41.9 Å². The molecule has 8 rings (SSSR count). The molecule has 0 aliphatic carbocycles.